The molecule has 0 aliphatic rings. The first kappa shape index (κ1) is 11.3. The van der Waals surface area contributed by atoms with Gasteiger partial charge in [-0.15, -0.1) is 11.3 Å². The van der Waals surface area contributed by atoms with Crippen LogP contribution in [0, 0.1) is 18.3 Å². The molecule has 0 aliphatic carbocycles. The second kappa shape index (κ2) is 5.23. The minimum atomic E-state index is 0.508. The van der Waals surface area contributed by atoms with Crippen LogP contribution in [0.3, 0.4) is 0 Å². The molecule has 0 amide bonds. The van der Waals surface area contributed by atoms with Crippen LogP contribution in [-0.4, -0.2) is 9.97 Å². The first-order valence-electron chi connectivity index (χ1n) is 5.00. The lowest BCUT2D eigenvalue weighted by Gasteiger charge is -1.98. The first-order valence-corrected chi connectivity index (χ1v) is 5.88. The Morgan fingerprint density at radius 1 is 1.53 bits per heavy atom. The highest BCUT2D eigenvalue weighted by Crippen LogP contribution is 2.18. The maximum atomic E-state index is 9.05. The number of rotatable bonds is 3. The van der Waals surface area contributed by atoms with Gasteiger partial charge in [0.15, 0.2) is 0 Å². The third kappa shape index (κ3) is 2.89. The zero-order valence-electron chi connectivity index (χ0n) is 9.21. The summed E-state index contributed by atoms with van der Waals surface area (Å²) in [6.45, 7) is 1.90. The lowest BCUT2D eigenvalue weighted by molar-refractivity contribution is 1.24. The molecule has 1 N–H and O–H groups in total. The average molecular weight is 242 g/mol. The summed E-state index contributed by atoms with van der Waals surface area (Å²) in [6.07, 6.45) is 3.32. The van der Waals surface area contributed by atoms with Gasteiger partial charge in [0, 0.05) is 23.5 Å². The number of nitriles is 1. The molecule has 5 heteroatoms. The van der Waals surface area contributed by atoms with Gasteiger partial charge in [0.2, 0.25) is 0 Å². The molecular formula is C12H10N4S. The van der Waals surface area contributed by atoms with Crippen LogP contribution >= 0.6 is 11.3 Å². The summed E-state index contributed by atoms with van der Waals surface area (Å²) >= 11 is 1.46. The SMILES string of the molecule is Cc1csc(/C(C#N)=C/Nc2ccccn2)n1. The van der Waals surface area contributed by atoms with E-state index in [1.54, 1.807) is 12.4 Å². The smallest absolute Gasteiger partial charge is 0.135 e. The van der Waals surface area contributed by atoms with Gasteiger partial charge in [-0.05, 0) is 19.1 Å². The minimum absolute atomic E-state index is 0.508. The number of nitrogens with zero attached hydrogens (tertiary/aromatic N) is 3. The highest BCUT2D eigenvalue weighted by molar-refractivity contribution is 7.10. The van der Waals surface area contributed by atoms with E-state index in [4.69, 9.17) is 5.26 Å². The predicted octanol–water partition coefficient (Wildman–Crippen LogP) is 2.82. The third-order valence-electron chi connectivity index (χ3n) is 2.00. The molecule has 2 aromatic rings. The normalized spacial score (nSPS) is 10.9. The van der Waals surface area contributed by atoms with Gasteiger partial charge < -0.3 is 5.32 Å². The standard InChI is InChI=1S/C12H10N4S/c1-9-8-17-12(16-9)10(6-13)7-15-11-4-2-3-5-14-11/h2-5,7-8H,1H3,(H,14,15)/b10-7+. The summed E-state index contributed by atoms with van der Waals surface area (Å²) in [6, 6.07) is 7.67. The van der Waals surface area contributed by atoms with Crippen LogP contribution in [0.4, 0.5) is 5.82 Å². The summed E-state index contributed by atoms with van der Waals surface area (Å²) in [5.74, 6) is 0.702. The number of allylic oxidation sites excluding steroid dienone is 1. The Balaban J connectivity index is 2.17. The van der Waals surface area contributed by atoms with Crippen molar-refractivity contribution >= 4 is 22.7 Å². The van der Waals surface area contributed by atoms with Gasteiger partial charge in [-0.2, -0.15) is 5.26 Å². The number of hydrogen-bond donors (Lipinski definition) is 1. The van der Waals surface area contributed by atoms with Crippen LogP contribution in [-0.2, 0) is 0 Å². The van der Waals surface area contributed by atoms with Crippen molar-refractivity contribution in [3.05, 3.63) is 46.7 Å². The van der Waals surface area contributed by atoms with Gasteiger partial charge in [0.05, 0.1) is 0 Å². The maximum Gasteiger partial charge on any atom is 0.135 e. The molecule has 0 radical (unpaired) electrons. The molecule has 2 heterocycles. The van der Waals surface area contributed by atoms with Crippen molar-refractivity contribution in [2.75, 3.05) is 5.32 Å². The van der Waals surface area contributed by atoms with Crippen LogP contribution in [0.1, 0.15) is 10.7 Å². The van der Waals surface area contributed by atoms with Crippen molar-refractivity contribution in [1.82, 2.24) is 9.97 Å². The largest absolute Gasteiger partial charge is 0.345 e. The summed E-state index contributed by atoms with van der Waals surface area (Å²) in [5, 5.41) is 14.7. The topological polar surface area (TPSA) is 61.6 Å². The fourth-order valence-electron chi connectivity index (χ4n) is 1.21. The van der Waals surface area contributed by atoms with Crippen molar-refractivity contribution in [3.8, 4) is 6.07 Å². The summed E-state index contributed by atoms with van der Waals surface area (Å²) < 4.78 is 0. The van der Waals surface area contributed by atoms with E-state index >= 15 is 0 Å². The molecular weight excluding hydrogens is 232 g/mol. The molecule has 0 spiro atoms. The predicted molar refractivity (Wildman–Crippen MR) is 68.3 cm³/mol. The number of nitrogens with one attached hydrogen (secondary N) is 1. The highest BCUT2D eigenvalue weighted by atomic mass is 32.1. The second-order valence-corrected chi connectivity index (χ2v) is 4.18. The fourth-order valence-corrected chi connectivity index (χ4v) is 1.98. The lowest BCUT2D eigenvalue weighted by Crippen LogP contribution is -1.92. The van der Waals surface area contributed by atoms with E-state index in [0.29, 0.717) is 16.4 Å². The highest BCUT2D eigenvalue weighted by Gasteiger charge is 2.04. The van der Waals surface area contributed by atoms with Crippen molar-refractivity contribution in [1.29, 1.82) is 5.26 Å². The molecule has 0 saturated heterocycles. The van der Waals surface area contributed by atoms with Crippen LogP contribution in [0.15, 0.2) is 36.0 Å². The Hall–Kier alpha value is -2.19. The molecule has 0 bridgehead atoms. The summed E-state index contributed by atoms with van der Waals surface area (Å²) in [7, 11) is 0. The molecule has 2 rings (SSSR count). The fraction of sp³-hybridized carbons (Fsp3) is 0.0833. The maximum absolute atomic E-state index is 9.05. The number of aryl methyl sites for hydroxylation is 1. The van der Waals surface area contributed by atoms with Crippen molar-refractivity contribution in [3.63, 3.8) is 0 Å². The second-order valence-electron chi connectivity index (χ2n) is 3.32. The number of pyridine rings is 1. The van der Waals surface area contributed by atoms with Gasteiger partial charge in [0.25, 0.3) is 0 Å². The van der Waals surface area contributed by atoms with Crippen molar-refractivity contribution in [2.24, 2.45) is 0 Å². The Morgan fingerprint density at radius 3 is 3.00 bits per heavy atom. The van der Waals surface area contributed by atoms with Crippen LogP contribution in [0.2, 0.25) is 0 Å². The number of thiazole rings is 1. The average Bonchev–Trinajstić information content (AvgIpc) is 2.78. The molecule has 0 saturated carbocycles. The summed E-state index contributed by atoms with van der Waals surface area (Å²) in [5.41, 5.74) is 1.43. The monoisotopic (exact) mass is 242 g/mol. The molecule has 4 nitrogen and oxygen atoms in total. The molecule has 0 unspecified atom stereocenters. The Morgan fingerprint density at radius 2 is 2.41 bits per heavy atom. The van der Waals surface area contributed by atoms with E-state index in [-0.39, 0.29) is 0 Å². The number of hydrogen-bond acceptors (Lipinski definition) is 5. The number of aromatic nitrogens is 2. The van der Waals surface area contributed by atoms with E-state index in [2.05, 4.69) is 21.4 Å². The van der Waals surface area contributed by atoms with Gasteiger partial charge in [-0.3, -0.25) is 0 Å². The first-order chi connectivity index (χ1) is 8.29. The summed E-state index contributed by atoms with van der Waals surface area (Å²) in [4.78, 5) is 8.36. The van der Waals surface area contributed by atoms with Gasteiger partial charge in [-0.25, -0.2) is 9.97 Å². The van der Waals surface area contributed by atoms with Crippen LogP contribution in [0.5, 0.6) is 0 Å². The van der Waals surface area contributed by atoms with E-state index in [0.717, 1.165) is 5.69 Å². The van der Waals surface area contributed by atoms with Gasteiger partial charge >= 0.3 is 0 Å². The minimum Gasteiger partial charge on any atom is -0.345 e. The Bertz CT molecular complexity index is 566. The van der Waals surface area contributed by atoms with Gasteiger partial charge in [-0.1, -0.05) is 6.07 Å². The third-order valence-corrected chi connectivity index (χ3v) is 2.99. The molecule has 17 heavy (non-hydrogen) atoms. The van der Waals surface area contributed by atoms with E-state index in [1.807, 2.05) is 30.5 Å². The Kier molecular flexibility index (Phi) is 3.48. The molecule has 0 aliphatic heterocycles. The van der Waals surface area contributed by atoms with E-state index in [9.17, 15) is 0 Å². The number of anilines is 1. The van der Waals surface area contributed by atoms with Crippen molar-refractivity contribution < 1.29 is 0 Å². The van der Waals surface area contributed by atoms with Crippen LogP contribution < -0.4 is 5.32 Å². The van der Waals surface area contributed by atoms with E-state index < -0.39 is 0 Å². The van der Waals surface area contributed by atoms with Crippen molar-refractivity contribution in [2.45, 2.75) is 6.92 Å². The lowest BCUT2D eigenvalue weighted by atomic mass is 10.3. The molecule has 0 fully saturated rings. The van der Waals surface area contributed by atoms with Crippen LogP contribution in [0.25, 0.3) is 5.57 Å². The molecule has 2 aromatic heterocycles. The van der Waals surface area contributed by atoms with Gasteiger partial charge in [0.1, 0.15) is 22.5 Å². The quantitative estimate of drug-likeness (QED) is 0.841. The zero-order valence-corrected chi connectivity index (χ0v) is 10.0. The molecule has 0 atom stereocenters. The van der Waals surface area contributed by atoms with E-state index in [1.165, 1.54) is 11.3 Å². The zero-order chi connectivity index (χ0) is 12.1. The Labute approximate surface area is 103 Å². The molecule has 0 aromatic carbocycles. The molecule has 84 valence electrons.